The molecule has 1 saturated heterocycles. The van der Waals surface area contributed by atoms with Gasteiger partial charge in [-0.05, 0) is 44.3 Å². The zero-order chi connectivity index (χ0) is 16.1. The topological polar surface area (TPSA) is 57.6 Å². The molecule has 1 heterocycles. The summed E-state index contributed by atoms with van der Waals surface area (Å²) in [5.74, 6) is -0.819. The highest BCUT2D eigenvalue weighted by Crippen LogP contribution is 2.22. The van der Waals surface area contributed by atoms with Crippen LogP contribution in [0.25, 0.3) is 0 Å². The molecule has 4 heteroatoms. The van der Waals surface area contributed by atoms with Crippen LogP contribution in [0.1, 0.15) is 49.0 Å². The smallest absolute Gasteiger partial charge is 0.306 e. The Labute approximate surface area is 132 Å². The monoisotopic (exact) mass is 303 g/mol. The van der Waals surface area contributed by atoms with Gasteiger partial charge in [0.25, 0.3) is 0 Å². The number of likely N-dealkylation sites (tertiary alicyclic amines) is 1. The fraction of sp³-hybridized carbons (Fsp3) is 0.556. The molecule has 4 nitrogen and oxygen atoms in total. The maximum absolute atomic E-state index is 12.7. The summed E-state index contributed by atoms with van der Waals surface area (Å²) in [6.45, 7) is 5.49. The lowest BCUT2D eigenvalue weighted by atomic mass is 9.93. The molecule has 0 saturated carbocycles. The van der Waals surface area contributed by atoms with Gasteiger partial charge in [0, 0.05) is 5.56 Å². The predicted octanol–water partition coefficient (Wildman–Crippen LogP) is 3.01. The number of hydrogen-bond acceptors (Lipinski definition) is 3. The van der Waals surface area contributed by atoms with E-state index in [0.717, 1.165) is 18.4 Å². The van der Waals surface area contributed by atoms with Crippen molar-refractivity contribution in [3.63, 3.8) is 0 Å². The number of rotatable bonds is 6. The van der Waals surface area contributed by atoms with Crippen molar-refractivity contribution in [2.75, 3.05) is 13.1 Å². The molecule has 0 aromatic heterocycles. The first-order chi connectivity index (χ1) is 10.6. The summed E-state index contributed by atoms with van der Waals surface area (Å²) in [5.41, 5.74) is 1.98. The number of carbonyl (C=O) groups is 2. The molecule has 1 aromatic rings. The van der Waals surface area contributed by atoms with Crippen molar-refractivity contribution >= 4 is 11.8 Å². The third kappa shape index (κ3) is 3.74. The molecule has 1 aromatic carbocycles. The molecule has 1 N–H and O–H groups in total. The third-order valence-electron chi connectivity index (χ3n) is 4.66. The van der Waals surface area contributed by atoms with Gasteiger partial charge in [0.15, 0.2) is 5.78 Å². The van der Waals surface area contributed by atoms with Gasteiger partial charge in [0.1, 0.15) is 0 Å². The first-order valence-corrected chi connectivity index (χ1v) is 8.16. The number of nitrogens with zero attached hydrogens (tertiary/aromatic N) is 1. The van der Waals surface area contributed by atoms with E-state index < -0.39 is 5.97 Å². The standard InChI is InChI=1S/C18H25NO3/c1-3-13-5-7-14(8-6-13)17(20)16(4-2)19-11-9-15(10-12-19)18(21)22/h5-8,15-16H,3-4,9-12H2,1-2H3,(H,21,22). The maximum Gasteiger partial charge on any atom is 0.306 e. The second-order valence-electron chi connectivity index (χ2n) is 5.99. The zero-order valence-corrected chi connectivity index (χ0v) is 13.4. The first-order valence-electron chi connectivity index (χ1n) is 8.16. The van der Waals surface area contributed by atoms with Crippen molar-refractivity contribution in [2.45, 2.75) is 45.6 Å². The van der Waals surface area contributed by atoms with Crippen LogP contribution in [0.3, 0.4) is 0 Å². The number of hydrogen-bond donors (Lipinski definition) is 1. The van der Waals surface area contributed by atoms with E-state index >= 15 is 0 Å². The largest absolute Gasteiger partial charge is 0.481 e. The van der Waals surface area contributed by atoms with Gasteiger partial charge in [0.2, 0.25) is 0 Å². The molecule has 1 aliphatic heterocycles. The highest BCUT2D eigenvalue weighted by molar-refractivity contribution is 6.00. The molecule has 0 bridgehead atoms. The van der Waals surface area contributed by atoms with Crippen molar-refractivity contribution < 1.29 is 14.7 Å². The van der Waals surface area contributed by atoms with Crippen LogP contribution in [0.4, 0.5) is 0 Å². The number of Topliss-reactive ketones (excluding diaryl/α,β-unsaturated/α-hetero) is 1. The van der Waals surface area contributed by atoms with Crippen molar-refractivity contribution in [1.82, 2.24) is 4.90 Å². The maximum atomic E-state index is 12.7. The van der Waals surface area contributed by atoms with Crippen molar-refractivity contribution in [2.24, 2.45) is 5.92 Å². The number of benzene rings is 1. The molecule has 0 radical (unpaired) electrons. The highest BCUT2D eigenvalue weighted by Gasteiger charge is 2.31. The van der Waals surface area contributed by atoms with Crippen LogP contribution in [0, 0.1) is 5.92 Å². The molecule has 0 spiro atoms. The lowest BCUT2D eigenvalue weighted by Crippen LogP contribution is -2.46. The Bertz CT molecular complexity index is 516. The summed E-state index contributed by atoms with van der Waals surface area (Å²) in [4.78, 5) is 25.9. The fourth-order valence-corrected chi connectivity index (χ4v) is 3.16. The van der Waals surface area contributed by atoms with Crippen molar-refractivity contribution in [3.05, 3.63) is 35.4 Å². The van der Waals surface area contributed by atoms with Crippen LogP contribution >= 0.6 is 0 Å². The van der Waals surface area contributed by atoms with E-state index in [1.54, 1.807) is 0 Å². The number of carboxylic acids is 1. The highest BCUT2D eigenvalue weighted by atomic mass is 16.4. The van der Waals surface area contributed by atoms with Crippen LogP contribution < -0.4 is 0 Å². The number of carbonyl (C=O) groups excluding carboxylic acids is 1. The molecule has 1 aliphatic rings. The van der Waals surface area contributed by atoms with Gasteiger partial charge in [-0.15, -0.1) is 0 Å². The molecule has 1 atom stereocenters. The third-order valence-corrected chi connectivity index (χ3v) is 4.66. The Morgan fingerprint density at radius 3 is 2.23 bits per heavy atom. The number of aryl methyl sites for hydroxylation is 1. The van der Waals surface area contributed by atoms with E-state index in [1.165, 1.54) is 5.56 Å². The predicted molar refractivity (Wildman–Crippen MR) is 86.2 cm³/mol. The van der Waals surface area contributed by atoms with Gasteiger partial charge in [-0.2, -0.15) is 0 Å². The van der Waals surface area contributed by atoms with Gasteiger partial charge in [0.05, 0.1) is 12.0 Å². The van der Waals surface area contributed by atoms with E-state index in [1.807, 2.05) is 31.2 Å². The molecule has 120 valence electrons. The van der Waals surface area contributed by atoms with Gasteiger partial charge in [-0.3, -0.25) is 14.5 Å². The number of aliphatic carboxylic acids is 1. The Morgan fingerprint density at radius 2 is 1.77 bits per heavy atom. The van der Waals surface area contributed by atoms with Gasteiger partial charge in [-0.1, -0.05) is 38.1 Å². The van der Waals surface area contributed by atoms with Crippen LogP contribution in [-0.2, 0) is 11.2 Å². The van der Waals surface area contributed by atoms with Gasteiger partial charge >= 0.3 is 5.97 Å². The van der Waals surface area contributed by atoms with Crippen LogP contribution in [0.2, 0.25) is 0 Å². The number of carboxylic acid groups (broad SMARTS) is 1. The van der Waals surface area contributed by atoms with E-state index in [2.05, 4.69) is 11.8 Å². The summed E-state index contributed by atoms with van der Waals surface area (Å²) in [5, 5.41) is 9.07. The fourth-order valence-electron chi connectivity index (χ4n) is 3.16. The van der Waals surface area contributed by atoms with Crippen LogP contribution in [-0.4, -0.2) is 40.9 Å². The molecule has 0 aliphatic carbocycles. The minimum atomic E-state index is -0.714. The van der Waals surface area contributed by atoms with Crippen molar-refractivity contribution in [1.29, 1.82) is 0 Å². The molecular weight excluding hydrogens is 278 g/mol. The molecule has 1 unspecified atom stereocenters. The number of piperidine rings is 1. The molecule has 2 rings (SSSR count). The molecule has 22 heavy (non-hydrogen) atoms. The van der Waals surface area contributed by atoms with E-state index in [0.29, 0.717) is 25.9 Å². The zero-order valence-electron chi connectivity index (χ0n) is 13.4. The van der Waals surface area contributed by atoms with E-state index in [-0.39, 0.29) is 17.7 Å². The lowest BCUT2D eigenvalue weighted by Gasteiger charge is -2.35. The second kappa shape index (κ2) is 7.54. The second-order valence-corrected chi connectivity index (χ2v) is 5.99. The van der Waals surface area contributed by atoms with Crippen molar-refractivity contribution in [3.8, 4) is 0 Å². The molecular formula is C18H25NO3. The van der Waals surface area contributed by atoms with Gasteiger partial charge < -0.3 is 5.11 Å². The van der Waals surface area contributed by atoms with Crippen LogP contribution in [0.15, 0.2) is 24.3 Å². The average molecular weight is 303 g/mol. The summed E-state index contributed by atoms with van der Waals surface area (Å²) in [6, 6.07) is 7.71. The minimum absolute atomic E-state index is 0.137. The Balaban J connectivity index is 2.04. The molecule has 1 fully saturated rings. The summed E-state index contributed by atoms with van der Waals surface area (Å²) in [7, 11) is 0. The quantitative estimate of drug-likeness (QED) is 0.821. The first kappa shape index (κ1) is 16.7. The Morgan fingerprint density at radius 1 is 1.18 bits per heavy atom. The van der Waals surface area contributed by atoms with E-state index in [4.69, 9.17) is 5.11 Å². The summed E-state index contributed by atoms with van der Waals surface area (Å²) >= 11 is 0. The summed E-state index contributed by atoms with van der Waals surface area (Å²) in [6.07, 6.45) is 2.99. The number of ketones is 1. The van der Waals surface area contributed by atoms with Crippen LogP contribution in [0.5, 0.6) is 0 Å². The summed E-state index contributed by atoms with van der Waals surface area (Å²) < 4.78 is 0. The average Bonchev–Trinajstić information content (AvgIpc) is 2.56. The lowest BCUT2D eigenvalue weighted by molar-refractivity contribution is -0.143. The molecule has 0 amide bonds. The Hall–Kier alpha value is -1.68. The van der Waals surface area contributed by atoms with E-state index in [9.17, 15) is 9.59 Å². The normalized spacial score (nSPS) is 18.1. The van der Waals surface area contributed by atoms with Gasteiger partial charge in [-0.25, -0.2) is 0 Å². The Kier molecular flexibility index (Phi) is 5.72. The minimum Gasteiger partial charge on any atom is -0.481 e. The SMILES string of the molecule is CCc1ccc(C(=O)C(CC)N2CCC(C(=O)O)CC2)cc1.